The van der Waals surface area contributed by atoms with Crippen LogP contribution >= 0.6 is 0 Å². The maximum atomic E-state index is 12.4. The number of benzene rings is 1. The second-order valence-electron chi connectivity index (χ2n) is 9.79. The van der Waals surface area contributed by atoms with E-state index in [2.05, 4.69) is 27.2 Å². The average Bonchev–Trinajstić information content (AvgIpc) is 3.52. The topological polar surface area (TPSA) is 119 Å². The zero-order valence-corrected chi connectivity index (χ0v) is 21.1. The van der Waals surface area contributed by atoms with Crippen molar-refractivity contribution in [3.63, 3.8) is 0 Å². The first-order valence-electron chi connectivity index (χ1n) is 12.9. The normalized spacial score (nSPS) is 23.2. The van der Waals surface area contributed by atoms with Gasteiger partial charge in [0.2, 0.25) is 5.91 Å². The Kier molecular flexibility index (Phi) is 10.6. The largest absolute Gasteiger partial charge is 0.495 e. The summed E-state index contributed by atoms with van der Waals surface area (Å²) in [6.07, 6.45) is 8.45. The molecule has 3 unspecified atom stereocenters. The van der Waals surface area contributed by atoms with E-state index in [1.54, 1.807) is 7.11 Å². The van der Waals surface area contributed by atoms with E-state index in [-0.39, 0.29) is 0 Å². The maximum absolute atomic E-state index is 12.4. The van der Waals surface area contributed by atoms with Crippen LogP contribution in [0.1, 0.15) is 38.5 Å². The lowest BCUT2D eigenvalue weighted by molar-refractivity contribution is -0.134. The number of hydrogen-bond donors (Lipinski definition) is 3. The maximum Gasteiger partial charge on any atom is 0.328 e. The highest BCUT2D eigenvalue weighted by atomic mass is 16.5. The fraction of sp³-hybridized carbons (Fsp3) is 0.593. The van der Waals surface area contributed by atoms with Gasteiger partial charge in [-0.05, 0) is 62.6 Å². The second kappa shape index (κ2) is 13.9. The highest BCUT2D eigenvalue weighted by Crippen LogP contribution is 2.48. The predicted octanol–water partition coefficient (Wildman–Crippen LogP) is 2.86. The van der Waals surface area contributed by atoms with Gasteiger partial charge in [0.05, 0.1) is 12.8 Å². The Morgan fingerprint density at radius 1 is 1.00 bits per heavy atom. The number of hydrogen-bond acceptors (Lipinski definition) is 6. The van der Waals surface area contributed by atoms with E-state index in [1.165, 1.54) is 24.9 Å². The minimum absolute atomic E-state index is 0.321. The molecule has 36 heavy (non-hydrogen) atoms. The molecule has 0 aromatic heterocycles. The Labute approximate surface area is 213 Å². The Morgan fingerprint density at radius 3 is 2.28 bits per heavy atom. The van der Waals surface area contributed by atoms with Crippen LogP contribution in [0, 0.1) is 17.8 Å². The molecule has 0 radical (unpaired) electrons. The number of para-hydroxylation sites is 2. The van der Waals surface area contributed by atoms with Crippen molar-refractivity contribution in [2.24, 2.45) is 17.8 Å². The van der Waals surface area contributed by atoms with Gasteiger partial charge >= 0.3 is 11.9 Å². The SMILES string of the molecule is COc1ccccc1N1CCN(CCCCNC(=O)C2CC3CCC2C3)CC1.O=C(O)/C=C/C(=O)O. The van der Waals surface area contributed by atoms with Crippen molar-refractivity contribution < 1.29 is 29.3 Å². The lowest BCUT2D eigenvalue weighted by Gasteiger charge is -2.36. The molecule has 1 heterocycles. The number of methoxy groups -OCH3 is 1. The van der Waals surface area contributed by atoms with Crippen molar-refractivity contribution in [1.82, 2.24) is 10.2 Å². The number of fused-ring (bicyclic) bond motifs is 2. The third-order valence-corrected chi connectivity index (χ3v) is 7.44. The van der Waals surface area contributed by atoms with E-state index >= 15 is 0 Å². The fourth-order valence-corrected chi connectivity index (χ4v) is 5.61. The first kappa shape index (κ1) is 27.5. The molecule has 0 spiro atoms. The van der Waals surface area contributed by atoms with Crippen molar-refractivity contribution >= 4 is 23.5 Å². The van der Waals surface area contributed by atoms with Crippen molar-refractivity contribution in [2.75, 3.05) is 51.3 Å². The minimum atomic E-state index is -1.26. The van der Waals surface area contributed by atoms with Crippen LogP contribution in [-0.2, 0) is 14.4 Å². The van der Waals surface area contributed by atoms with Crippen molar-refractivity contribution in [3.8, 4) is 5.75 Å². The summed E-state index contributed by atoms with van der Waals surface area (Å²) in [6, 6.07) is 8.28. The van der Waals surface area contributed by atoms with E-state index in [4.69, 9.17) is 14.9 Å². The number of aliphatic carboxylic acids is 2. The van der Waals surface area contributed by atoms with Gasteiger partial charge in [-0.15, -0.1) is 0 Å². The van der Waals surface area contributed by atoms with Crippen LogP contribution in [0.2, 0.25) is 0 Å². The number of ether oxygens (including phenoxy) is 1. The molecule has 2 aliphatic carbocycles. The number of nitrogens with one attached hydrogen (secondary N) is 1. The van der Waals surface area contributed by atoms with Gasteiger partial charge in [0.15, 0.2) is 0 Å². The number of carboxylic acids is 2. The van der Waals surface area contributed by atoms with E-state index < -0.39 is 11.9 Å². The molecule has 3 N–H and O–H groups in total. The summed E-state index contributed by atoms with van der Waals surface area (Å²) >= 11 is 0. The quantitative estimate of drug-likeness (QED) is 0.331. The molecular formula is C27H39N3O6. The van der Waals surface area contributed by atoms with Crippen LogP contribution < -0.4 is 15.0 Å². The van der Waals surface area contributed by atoms with E-state index in [9.17, 15) is 14.4 Å². The average molecular weight is 502 g/mol. The van der Waals surface area contributed by atoms with Gasteiger partial charge in [-0.25, -0.2) is 9.59 Å². The van der Waals surface area contributed by atoms with E-state index in [1.807, 2.05) is 12.1 Å². The molecule has 1 aromatic rings. The van der Waals surface area contributed by atoms with Gasteiger partial charge in [-0.2, -0.15) is 0 Å². The number of amides is 1. The molecule has 2 bridgehead atoms. The van der Waals surface area contributed by atoms with Crippen molar-refractivity contribution in [2.45, 2.75) is 38.5 Å². The molecule has 9 heteroatoms. The summed E-state index contributed by atoms with van der Waals surface area (Å²) < 4.78 is 5.50. The van der Waals surface area contributed by atoms with Crippen LogP contribution in [0.25, 0.3) is 0 Å². The molecular weight excluding hydrogens is 462 g/mol. The summed E-state index contributed by atoms with van der Waals surface area (Å²) in [4.78, 5) is 36.5. The number of rotatable bonds is 10. The molecule has 3 aliphatic rings. The summed E-state index contributed by atoms with van der Waals surface area (Å²) in [5, 5.41) is 18.8. The molecule has 1 aromatic carbocycles. The fourth-order valence-electron chi connectivity index (χ4n) is 5.61. The van der Waals surface area contributed by atoms with Crippen molar-refractivity contribution in [3.05, 3.63) is 36.4 Å². The van der Waals surface area contributed by atoms with Gasteiger partial charge in [-0.1, -0.05) is 18.6 Å². The number of nitrogens with zero attached hydrogens (tertiary/aromatic N) is 2. The van der Waals surface area contributed by atoms with E-state index in [0.717, 1.165) is 70.2 Å². The Bertz CT molecular complexity index is 897. The van der Waals surface area contributed by atoms with Crippen LogP contribution in [0.15, 0.2) is 36.4 Å². The first-order chi connectivity index (χ1) is 17.4. The molecule has 3 fully saturated rings. The molecule has 198 valence electrons. The predicted molar refractivity (Wildman–Crippen MR) is 137 cm³/mol. The summed E-state index contributed by atoms with van der Waals surface area (Å²) in [7, 11) is 1.74. The number of carbonyl (C=O) groups is 3. The van der Waals surface area contributed by atoms with Gasteiger partial charge in [-0.3, -0.25) is 9.69 Å². The molecule has 9 nitrogen and oxygen atoms in total. The molecule has 1 amide bonds. The van der Waals surface area contributed by atoms with E-state index in [0.29, 0.717) is 29.9 Å². The zero-order valence-electron chi connectivity index (χ0n) is 21.1. The monoisotopic (exact) mass is 501 g/mol. The summed E-state index contributed by atoms with van der Waals surface area (Å²) in [6.45, 7) is 6.24. The molecule has 3 atom stereocenters. The third-order valence-electron chi connectivity index (χ3n) is 7.44. The van der Waals surface area contributed by atoms with Gasteiger partial charge in [0, 0.05) is 50.8 Å². The number of unbranched alkanes of at least 4 members (excludes halogenated alkanes) is 1. The van der Waals surface area contributed by atoms with Gasteiger partial charge in [0.1, 0.15) is 5.75 Å². The van der Waals surface area contributed by atoms with Gasteiger partial charge < -0.3 is 25.2 Å². The van der Waals surface area contributed by atoms with Crippen LogP contribution in [0.4, 0.5) is 5.69 Å². The first-order valence-corrected chi connectivity index (χ1v) is 12.9. The molecule has 2 saturated carbocycles. The number of carbonyl (C=O) groups excluding carboxylic acids is 1. The van der Waals surface area contributed by atoms with Crippen molar-refractivity contribution in [1.29, 1.82) is 0 Å². The minimum Gasteiger partial charge on any atom is -0.495 e. The standard InChI is InChI=1S/C23H35N3O2.C4H4O4/c1-28-22-7-3-2-6-21(22)26-14-12-25(13-15-26)11-5-4-10-24-23(27)20-17-18-8-9-19(20)16-18;5-3(6)1-2-4(7)8/h2-3,6-7,18-20H,4-5,8-17H2,1H3,(H,24,27);1-2H,(H,5,6)(H,7,8)/b;2-1+. The summed E-state index contributed by atoms with van der Waals surface area (Å²) in [5.41, 5.74) is 1.20. The Hall–Kier alpha value is -3.07. The number of anilines is 1. The highest BCUT2D eigenvalue weighted by Gasteiger charge is 2.42. The molecule has 4 rings (SSSR count). The molecule has 1 saturated heterocycles. The lowest BCUT2D eigenvalue weighted by atomic mass is 9.88. The zero-order chi connectivity index (χ0) is 25.9. The number of carboxylic acid groups (broad SMARTS) is 2. The third kappa shape index (κ3) is 8.26. The Balaban J connectivity index is 0.000000392. The molecule has 1 aliphatic heterocycles. The summed E-state index contributed by atoms with van der Waals surface area (Å²) in [5.74, 6) is 0.626. The number of piperazine rings is 1. The smallest absolute Gasteiger partial charge is 0.328 e. The van der Waals surface area contributed by atoms with Crippen LogP contribution in [0.5, 0.6) is 5.75 Å². The lowest BCUT2D eigenvalue weighted by Crippen LogP contribution is -2.46. The van der Waals surface area contributed by atoms with Gasteiger partial charge in [0.25, 0.3) is 0 Å². The highest BCUT2D eigenvalue weighted by molar-refractivity contribution is 5.89. The van der Waals surface area contributed by atoms with Crippen LogP contribution in [0.3, 0.4) is 0 Å². The Morgan fingerprint density at radius 2 is 1.69 bits per heavy atom. The van der Waals surface area contributed by atoms with Crippen LogP contribution in [-0.4, -0.2) is 79.3 Å². The second-order valence-corrected chi connectivity index (χ2v) is 9.79.